The van der Waals surface area contributed by atoms with Crippen molar-refractivity contribution in [3.63, 3.8) is 0 Å². The molecule has 0 saturated carbocycles. The molecule has 2 N–H and O–H groups in total. The van der Waals surface area contributed by atoms with Crippen molar-refractivity contribution >= 4 is 17.2 Å². The van der Waals surface area contributed by atoms with Crippen molar-refractivity contribution in [3.8, 4) is 0 Å². The average molecular weight is 255 g/mol. The highest BCUT2D eigenvalue weighted by molar-refractivity contribution is 5.77. The fourth-order valence-electron chi connectivity index (χ4n) is 2.35. The molecule has 0 saturated heterocycles. The van der Waals surface area contributed by atoms with Gasteiger partial charge in [-0.05, 0) is 24.3 Å². The molecule has 1 aliphatic heterocycles. The highest BCUT2D eigenvalue weighted by Crippen LogP contribution is 2.35. The van der Waals surface area contributed by atoms with Gasteiger partial charge in [0.05, 0.1) is 17.1 Å². The van der Waals surface area contributed by atoms with Gasteiger partial charge >= 0.3 is 0 Å². The van der Waals surface area contributed by atoms with E-state index in [4.69, 9.17) is 5.73 Å². The molecule has 0 radical (unpaired) electrons. The first-order valence-corrected chi connectivity index (χ1v) is 6.40. The Morgan fingerprint density at radius 1 is 1.05 bits per heavy atom. The Hall–Kier alpha value is -2.14. The van der Waals surface area contributed by atoms with Gasteiger partial charge in [-0.3, -0.25) is 0 Å². The zero-order chi connectivity index (χ0) is 13.2. The van der Waals surface area contributed by atoms with Crippen LogP contribution in [0.3, 0.4) is 0 Å². The van der Waals surface area contributed by atoms with Crippen LogP contribution in [0.2, 0.25) is 0 Å². The van der Waals surface area contributed by atoms with Crippen LogP contribution in [0, 0.1) is 0 Å². The number of nitrogens with two attached hydrogens (primary N) is 1. The van der Waals surface area contributed by atoms with Crippen LogP contribution in [0.25, 0.3) is 0 Å². The number of rotatable bonds is 2. The molecule has 0 amide bonds. The standard InChI is InChI=1S/C14H17N5/c1-18-8-9-19(13-5-3-2-4-12(13)18)14-7-6-11(10-15)16-17-14/h2-7H,8-10,15H2,1H3. The molecule has 1 aliphatic rings. The van der Waals surface area contributed by atoms with Gasteiger partial charge in [0.15, 0.2) is 5.82 Å². The number of aromatic nitrogens is 2. The second kappa shape index (κ2) is 4.85. The summed E-state index contributed by atoms with van der Waals surface area (Å²) in [6.45, 7) is 2.30. The quantitative estimate of drug-likeness (QED) is 0.881. The topological polar surface area (TPSA) is 58.3 Å². The van der Waals surface area contributed by atoms with E-state index in [0.717, 1.165) is 24.6 Å². The first-order chi connectivity index (χ1) is 9.29. The minimum atomic E-state index is 0.423. The SMILES string of the molecule is CN1CCN(c2ccc(CN)nn2)c2ccccc21. The van der Waals surface area contributed by atoms with Crippen LogP contribution in [0.1, 0.15) is 5.69 Å². The molecule has 0 atom stereocenters. The molecule has 2 heterocycles. The normalized spacial score (nSPS) is 14.4. The van der Waals surface area contributed by atoms with Crippen LogP contribution < -0.4 is 15.5 Å². The van der Waals surface area contributed by atoms with Gasteiger partial charge in [-0.1, -0.05) is 12.1 Å². The molecule has 0 aliphatic carbocycles. The molecule has 1 aromatic carbocycles. The molecule has 1 aromatic heterocycles. The highest BCUT2D eigenvalue weighted by atomic mass is 15.3. The van der Waals surface area contributed by atoms with E-state index in [0.29, 0.717) is 6.54 Å². The van der Waals surface area contributed by atoms with Gasteiger partial charge < -0.3 is 15.5 Å². The molecule has 0 bridgehead atoms. The van der Waals surface area contributed by atoms with Crippen LogP contribution >= 0.6 is 0 Å². The van der Waals surface area contributed by atoms with Gasteiger partial charge in [-0.25, -0.2) is 0 Å². The van der Waals surface area contributed by atoms with E-state index < -0.39 is 0 Å². The van der Waals surface area contributed by atoms with E-state index in [1.54, 1.807) is 0 Å². The minimum Gasteiger partial charge on any atom is -0.371 e. The number of anilines is 3. The Kier molecular flexibility index (Phi) is 3.05. The van der Waals surface area contributed by atoms with Crippen molar-refractivity contribution in [2.24, 2.45) is 5.73 Å². The van der Waals surface area contributed by atoms with Crippen molar-refractivity contribution in [3.05, 3.63) is 42.1 Å². The summed E-state index contributed by atoms with van der Waals surface area (Å²) in [7, 11) is 2.11. The predicted molar refractivity (Wildman–Crippen MR) is 76.6 cm³/mol. The minimum absolute atomic E-state index is 0.423. The maximum Gasteiger partial charge on any atom is 0.155 e. The van der Waals surface area contributed by atoms with Gasteiger partial charge in [0, 0.05) is 26.7 Å². The fourth-order valence-corrected chi connectivity index (χ4v) is 2.35. The Balaban J connectivity index is 1.99. The van der Waals surface area contributed by atoms with Gasteiger partial charge in [0.2, 0.25) is 0 Å². The van der Waals surface area contributed by atoms with Crippen molar-refractivity contribution in [2.75, 3.05) is 29.9 Å². The maximum absolute atomic E-state index is 5.55. The number of benzene rings is 1. The third-order valence-corrected chi connectivity index (χ3v) is 3.43. The molecule has 0 spiro atoms. The smallest absolute Gasteiger partial charge is 0.155 e. The van der Waals surface area contributed by atoms with E-state index in [9.17, 15) is 0 Å². The van der Waals surface area contributed by atoms with Crippen molar-refractivity contribution < 1.29 is 0 Å². The van der Waals surface area contributed by atoms with E-state index in [2.05, 4.69) is 45.2 Å². The lowest BCUT2D eigenvalue weighted by molar-refractivity contribution is 0.795. The molecule has 5 heteroatoms. The zero-order valence-electron chi connectivity index (χ0n) is 11.0. The molecular weight excluding hydrogens is 238 g/mol. The molecule has 0 fully saturated rings. The first-order valence-electron chi connectivity index (χ1n) is 6.40. The third kappa shape index (κ3) is 2.13. The van der Waals surface area contributed by atoms with E-state index >= 15 is 0 Å². The van der Waals surface area contributed by atoms with Crippen molar-refractivity contribution in [2.45, 2.75) is 6.54 Å². The van der Waals surface area contributed by atoms with Gasteiger partial charge in [-0.15, -0.1) is 5.10 Å². The Morgan fingerprint density at radius 3 is 2.53 bits per heavy atom. The summed E-state index contributed by atoms with van der Waals surface area (Å²) in [5, 5.41) is 8.41. The molecule has 19 heavy (non-hydrogen) atoms. The van der Waals surface area contributed by atoms with Crippen molar-refractivity contribution in [1.82, 2.24) is 10.2 Å². The summed E-state index contributed by atoms with van der Waals surface area (Å²) < 4.78 is 0. The highest BCUT2D eigenvalue weighted by Gasteiger charge is 2.21. The second-order valence-corrected chi connectivity index (χ2v) is 4.65. The largest absolute Gasteiger partial charge is 0.371 e. The monoisotopic (exact) mass is 255 g/mol. The summed E-state index contributed by atoms with van der Waals surface area (Å²) in [6.07, 6.45) is 0. The molecule has 0 unspecified atom stereocenters. The van der Waals surface area contributed by atoms with Gasteiger partial charge in [-0.2, -0.15) is 5.10 Å². The summed E-state index contributed by atoms with van der Waals surface area (Å²) in [5.41, 5.74) is 8.75. The fraction of sp³-hybridized carbons (Fsp3) is 0.286. The molecule has 98 valence electrons. The lowest BCUT2D eigenvalue weighted by atomic mass is 10.1. The lowest BCUT2D eigenvalue weighted by Gasteiger charge is -2.36. The number of hydrogen-bond donors (Lipinski definition) is 1. The van der Waals surface area contributed by atoms with Crippen molar-refractivity contribution in [1.29, 1.82) is 0 Å². The molecular formula is C14H17N5. The molecule has 3 rings (SSSR count). The first kappa shape index (κ1) is 11.9. The summed E-state index contributed by atoms with van der Waals surface area (Å²) in [5.74, 6) is 0.873. The summed E-state index contributed by atoms with van der Waals surface area (Å²) in [6, 6.07) is 12.3. The molecule has 2 aromatic rings. The van der Waals surface area contributed by atoms with Crippen LogP contribution in [0.5, 0.6) is 0 Å². The van der Waals surface area contributed by atoms with E-state index in [1.165, 1.54) is 11.4 Å². The Labute approximate surface area is 112 Å². The number of hydrogen-bond acceptors (Lipinski definition) is 5. The number of likely N-dealkylation sites (N-methyl/N-ethyl adjacent to an activating group) is 1. The molecule has 5 nitrogen and oxygen atoms in total. The maximum atomic E-state index is 5.55. The summed E-state index contributed by atoms with van der Waals surface area (Å²) in [4.78, 5) is 4.45. The number of para-hydroxylation sites is 2. The number of nitrogens with zero attached hydrogens (tertiary/aromatic N) is 4. The third-order valence-electron chi connectivity index (χ3n) is 3.43. The Bertz CT molecular complexity index is 566. The summed E-state index contributed by atoms with van der Waals surface area (Å²) >= 11 is 0. The zero-order valence-corrected chi connectivity index (χ0v) is 11.0. The predicted octanol–water partition coefficient (Wildman–Crippen LogP) is 1.52. The van der Waals surface area contributed by atoms with Gasteiger partial charge in [0.25, 0.3) is 0 Å². The van der Waals surface area contributed by atoms with E-state index in [-0.39, 0.29) is 0 Å². The second-order valence-electron chi connectivity index (χ2n) is 4.65. The number of fused-ring (bicyclic) bond motifs is 1. The van der Waals surface area contributed by atoms with Crippen LogP contribution in [0.15, 0.2) is 36.4 Å². The Morgan fingerprint density at radius 2 is 1.84 bits per heavy atom. The van der Waals surface area contributed by atoms with Crippen LogP contribution in [-0.4, -0.2) is 30.3 Å². The van der Waals surface area contributed by atoms with Crippen LogP contribution in [-0.2, 0) is 6.54 Å². The lowest BCUT2D eigenvalue weighted by Crippen LogP contribution is -2.36. The van der Waals surface area contributed by atoms with E-state index in [1.807, 2.05) is 18.2 Å². The van der Waals surface area contributed by atoms with Crippen LogP contribution in [0.4, 0.5) is 17.2 Å². The average Bonchev–Trinajstić information content (AvgIpc) is 2.48. The van der Waals surface area contributed by atoms with Gasteiger partial charge in [0.1, 0.15) is 0 Å².